The zero-order valence-corrected chi connectivity index (χ0v) is 30.3. The van der Waals surface area contributed by atoms with Crippen molar-refractivity contribution in [2.45, 2.75) is 97.2 Å². The topological polar surface area (TPSA) is 153 Å². The number of fused-ring (bicyclic) bond motifs is 5. The van der Waals surface area contributed by atoms with Crippen LogP contribution in [0.25, 0.3) is 0 Å². The smallest absolute Gasteiger partial charge is 0.726 e. The third kappa shape index (κ3) is 8.06. The summed E-state index contributed by atoms with van der Waals surface area (Å²) in [6.45, 7) is 10.3. The number of rotatable bonds is 10. The fourth-order valence-corrected chi connectivity index (χ4v) is 9.86. The van der Waals surface area contributed by atoms with Crippen LogP contribution in [0, 0.1) is 40.4 Å². The van der Waals surface area contributed by atoms with E-state index in [0.717, 1.165) is 62.5 Å². The fraction of sp³-hybridized carbons (Fsp3) is 0.852. The van der Waals surface area contributed by atoms with Crippen LogP contribution in [0.2, 0.25) is 0 Å². The quantitative estimate of drug-likeness (QED) is 0.129. The van der Waals surface area contributed by atoms with E-state index in [4.69, 9.17) is 4.18 Å². The van der Waals surface area contributed by atoms with E-state index in [0.29, 0.717) is 30.6 Å². The number of hydrogen-bond donors (Lipinski definition) is 1. The van der Waals surface area contributed by atoms with Gasteiger partial charge in [0.15, 0.2) is 0 Å². The molecular formula is C27H42Na2O9S2. The van der Waals surface area contributed by atoms with Gasteiger partial charge < -0.3 is 14.2 Å². The van der Waals surface area contributed by atoms with E-state index in [1.165, 1.54) is 0 Å². The molecule has 0 aromatic rings. The minimum absolute atomic E-state index is 0. The van der Waals surface area contributed by atoms with Gasteiger partial charge in [0.2, 0.25) is 20.8 Å². The van der Waals surface area contributed by atoms with Crippen LogP contribution >= 0.6 is 0 Å². The van der Waals surface area contributed by atoms with Gasteiger partial charge in [-0.25, -0.2) is 16.8 Å². The largest absolute Gasteiger partial charge is 1.00 e. The summed E-state index contributed by atoms with van der Waals surface area (Å²) in [6, 6.07) is 0. The predicted octanol–water partition coefficient (Wildman–Crippen LogP) is -1.77. The van der Waals surface area contributed by atoms with Crippen LogP contribution in [-0.4, -0.2) is 49.9 Å². The van der Waals surface area contributed by atoms with E-state index in [9.17, 15) is 31.0 Å². The molecular weight excluding hydrogens is 578 g/mol. The third-order valence-electron chi connectivity index (χ3n) is 10.6. The molecule has 218 valence electrons. The normalized spacial score (nSPS) is 38.0. The van der Waals surface area contributed by atoms with Gasteiger partial charge in [0.05, 0.1) is 6.61 Å². The fourth-order valence-electron chi connectivity index (χ4n) is 9.01. The summed E-state index contributed by atoms with van der Waals surface area (Å²) in [5.74, 6) is 1.34. The molecule has 40 heavy (non-hydrogen) atoms. The van der Waals surface area contributed by atoms with E-state index in [2.05, 4.69) is 30.7 Å². The van der Waals surface area contributed by atoms with E-state index in [-0.39, 0.29) is 88.4 Å². The van der Waals surface area contributed by atoms with Crippen LogP contribution < -0.4 is 59.1 Å². The van der Waals surface area contributed by atoms with Crippen molar-refractivity contribution in [1.82, 2.24) is 0 Å². The van der Waals surface area contributed by atoms with Crippen LogP contribution in [-0.2, 0) is 29.2 Å². The molecule has 0 heterocycles. The standard InChI is InChI=1S/C27H44O9S2.2Na/c1-17(2)6-5-7-18(16-35-37(29,30)31)20-10-11-21-19-8-9-23-25(28)24(36-38(32,33)34)13-15-27(23,4)22(19)12-14-26(20,21)3;;/h9,18-22,24-25,28H,1,5-8,10-16H2,2-4H3,(H,29,30,31)(H,32,33,34);;/q;2*+1/p-2/t18-,19-,20+,21-,22-,24-,25+,26+,27+;;/m0../s1. The van der Waals surface area contributed by atoms with Crippen LogP contribution in [0.4, 0.5) is 0 Å². The summed E-state index contributed by atoms with van der Waals surface area (Å²) >= 11 is 0. The van der Waals surface area contributed by atoms with Gasteiger partial charge in [-0.05, 0) is 117 Å². The second-order valence-electron chi connectivity index (χ2n) is 12.7. The van der Waals surface area contributed by atoms with Gasteiger partial charge >= 0.3 is 59.1 Å². The monoisotopic (exact) mass is 620 g/mol. The SMILES string of the molecule is C=C(C)CCC[C@@H](COS(=O)(=O)[O-])[C@H]1CC[C@H]2[C@@H]3CC=C4[C@@H](O)[C@@H](OS(=O)(=O)[O-])CC[C@]4(C)[C@H]3CC[C@]12C.[Na+].[Na+]. The van der Waals surface area contributed by atoms with Gasteiger partial charge in [-0.2, -0.15) is 0 Å². The molecule has 4 aliphatic rings. The van der Waals surface area contributed by atoms with Gasteiger partial charge in [0, 0.05) is 0 Å². The molecule has 0 radical (unpaired) electrons. The molecule has 0 saturated heterocycles. The van der Waals surface area contributed by atoms with E-state index in [1.807, 2.05) is 6.92 Å². The molecule has 0 amide bonds. The molecule has 3 saturated carbocycles. The first-order chi connectivity index (χ1) is 17.6. The minimum Gasteiger partial charge on any atom is -0.726 e. The number of allylic oxidation sites excluding steroid dienone is 2. The summed E-state index contributed by atoms with van der Waals surface area (Å²) < 4.78 is 77.0. The van der Waals surface area contributed by atoms with Crippen molar-refractivity contribution < 1.29 is 98.5 Å². The Labute approximate surface area is 284 Å². The summed E-state index contributed by atoms with van der Waals surface area (Å²) in [6.07, 6.45) is 7.97. The van der Waals surface area contributed by atoms with Gasteiger partial charge in [-0.1, -0.05) is 25.5 Å². The maximum Gasteiger partial charge on any atom is 1.00 e. The van der Waals surface area contributed by atoms with E-state index in [1.54, 1.807) is 0 Å². The van der Waals surface area contributed by atoms with Crippen molar-refractivity contribution in [3.63, 3.8) is 0 Å². The zero-order valence-electron chi connectivity index (χ0n) is 24.6. The first kappa shape index (κ1) is 37.4. The predicted molar refractivity (Wildman–Crippen MR) is 139 cm³/mol. The minimum atomic E-state index is -4.91. The Balaban J connectivity index is 0.00000280. The molecule has 3 fully saturated rings. The molecule has 0 aliphatic heterocycles. The summed E-state index contributed by atoms with van der Waals surface area (Å²) in [5, 5.41) is 11.0. The van der Waals surface area contributed by atoms with Crippen LogP contribution in [0.1, 0.15) is 85.0 Å². The molecule has 13 heteroatoms. The van der Waals surface area contributed by atoms with Crippen LogP contribution in [0.5, 0.6) is 0 Å². The van der Waals surface area contributed by atoms with Crippen LogP contribution in [0.3, 0.4) is 0 Å². The molecule has 0 unspecified atom stereocenters. The van der Waals surface area contributed by atoms with Gasteiger partial charge in [0.1, 0.15) is 12.2 Å². The Morgan fingerprint density at radius 1 is 1.07 bits per heavy atom. The van der Waals surface area contributed by atoms with Gasteiger partial charge in [-0.3, -0.25) is 8.37 Å². The Kier molecular flexibility index (Phi) is 13.2. The molecule has 0 aromatic heterocycles. The summed E-state index contributed by atoms with van der Waals surface area (Å²) in [4.78, 5) is 0. The second-order valence-corrected chi connectivity index (χ2v) is 14.8. The van der Waals surface area contributed by atoms with Crippen molar-refractivity contribution >= 4 is 20.8 Å². The van der Waals surface area contributed by atoms with Crippen molar-refractivity contribution in [1.29, 1.82) is 0 Å². The second kappa shape index (κ2) is 14.1. The first-order valence-corrected chi connectivity index (χ1v) is 16.5. The van der Waals surface area contributed by atoms with Crippen molar-refractivity contribution in [2.24, 2.45) is 40.4 Å². The maximum atomic E-state index is 11.3. The Morgan fingerprint density at radius 2 is 1.75 bits per heavy atom. The van der Waals surface area contributed by atoms with E-state index >= 15 is 0 Å². The molecule has 0 spiro atoms. The molecule has 4 aliphatic carbocycles. The Morgan fingerprint density at radius 3 is 2.35 bits per heavy atom. The maximum absolute atomic E-state index is 11.3. The summed E-state index contributed by atoms with van der Waals surface area (Å²) in [7, 11) is -9.67. The van der Waals surface area contributed by atoms with Crippen molar-refractivity contribution in [2.75, 3.05) is 6.61 Å². The average Bonchev–Trinajstić information content (AvgIpc) is 3.14. The van der Waals surface area contributed by atoms with Crippen molar-refractivity contribution in [3.05, 3.63) is 23.8 Å². The number of aliphatic hydroxyl groups is 1. The van der Waals surface area contributed by atoms with Gasteiger partial charge in [0.25, 0.3) is 0 Å². The molecule has 9 nitrogen and oxygen atoms in total. The molecule has 1 N–H and O–H groups in total. The molecule has 4 rings (SSSR count). The van der Waals surface area contributed by atoms with Crippen LogP contribution in [0.15, 0.2) is 23.8 Å². The zero-order chi connectivity index (χ0) is 28.1. The average molecular weight is 621 g/mol. The Hall–Kier alpha value is 1.18. The third-order valence-corrected chi connectivity index (χ3v) is 11.5. The molecule has 0 aromatic carbocycles. The van der Waals surface area contributed by atoms with E-state index < -0.39 is 33.0 Å². The first-order valence-electron chi connectivity index (χ1n) is 13.8. The molecule has 9 atom stereocenters. The summed E-state index contributed by atoms with van der Waals surface area (Å²) in [5.41, 5.74) is 1.56. The number of hydrogen-bond acceptors (Lipinski definition) is 9. The molecule has 0 bridgehead atoms. The Bertz CT molecular complexity index is 1160. The van der Waals surface area contributed by atoms with Crippen molar-refractivity contribution in [3.8, 4) is 0 Å². The number of aliphatic hydroxyl groups excluding tert-OH is 1. The van der Waals surface area contributed by atoms with Gasteiger partial charge in [-0.15, -0.1) is 6.58 Å².